The molecule has 0 fully saturated rings. The summed E-state index contributed by atoms with van der Waals surface area (Å²) in [5.74, 6) is -0.442. The van der Waals surface area contributed by atoms with Gasteiger partial charge < -0.3 is 14.6 Å². The van der Waals surface area contributed by atoms with Crippen LogP contribution in [0, 0.1) is 0 Å². The van der Waals surface area contributed by atoms with Crippen molar-refractivity contribution in [3.8, 4) is 17.2 Å². The van der Waals surface area contributed by atoms with Crippen LogP contribution in [-0.4, -0.2) is 23.2 Å². The van der Waals surface area contributed by atoms with Gasteiger partial charge >= 0.3 is 12.3 Å². The van der Waals surface area contributed by atoms with Crippen molar-refractivity contribution in [3.63, 3.8) is 0 Å². The minimum absolute atomic E-state index is 0.0408. The van der Waals surface area contributed by atoms with E-state index >= 15 is 0 Å². The number of thioether (sulfide) groups is 1. The van der Waals surface area contributed by atoms with E-state index in [2.05, 4.69) is 4.74 Å². The van der Waals surface area contributed by atoms with E-state index < -0.39 is 12.3 Å². The van der Waals surface area contributed by atoms with E-state index in [1.54, 1.807) is 24.3 Å². The van der Waals surface area contributed by atoms with E-state index in [4.69, 9.17) is 9.84 Å². The minimum atomic E-state index is -4.73. The molecule has 2 aromatic rings. The lowest BCUT2D eigenvalue weighted by atomic mass is 10.3. The van der Waals surface area contributed by atoms with Gasteiger partial charge in [0.2, 0.25) is 0 Å². The highest BCUT2D eigenvalue weighted by molar-refractivity contribution is 8.00. The van der Waals surface area contributed by atoms with Crippen molar-refractivity contribution in [1.29, 1.82) is 0 Å². The van der Waals surface area contributed by atoms with Gasteiger partial charge in [0, 0.05) is 4.90 Å². The van der Waals surface area contributed by atoms with Gasteiger partial charge in [0.15, 0.2) is 0 Å². The van der Waals surface area contributed by atoms with Crippen LogP contribution in [0.2, 0.25) is 0 Å². The maximum atomic E-state index is 12.0. The number of carboxylic acids is 1. The number of carboxylic acid groups (broad SMARTS) is 1. The van der Waals surface area contributed by atoms with E-state index in [0.717, 1.165) is 17.0 Å². The third-order valence-corrected chi connectivity index (χ3v) is 3.48. The predicted molar refractivity (Wildman–Crippen MR) is 78.0 cm³/mol. The summed E-state index contributed by atoms with van der Waals surface area (Å²) in [5.41, 5.74) is 0. The molecule has 0 radical (unpaired) electrons. The van der Waals surface area contributed by atoms with Crippen molar-refractivity contribution in [2.24, 2.45) is 0 Å². The average Bonchev–Trinajstić information content (AvgIpc) is 2.47. The second-order valence-corrected chi connectivity index (χ2v) is 5.32. The summed E-state index contributed by atoms with van der Waals surface area (Å²) in [6, 6.07) is 11.7. The fourth-order valence-corrected chi connectivity index (χ4v) is 2.21. The third-order valence-electron chi connectivity index (χ3n) is 2.48. The summed E-state index contributed by atoms with van der Waals surface area (Å²) in [7, 11) is 0. The standard InChI is InChI=1S/C15H11F3O4S/c16-15(17,18)22-12-3-1-10(2-4-12)21-11-5-7-13(8-6-11)23-9-14(19)20/h1-8H,9H2,(H,19,20). The molecule has 0 aliphatic carbocycles. The van der Waals surface area contributed by atoms with Gasteiger partial charge in [-0.15, -0.1) is 24.9 Å². The minimum Gasteiger partial charge on any atom is -0.481 e. The fraction of sp³-hybridized carbons (Fsp3) is 0.133. The molecule has 2 rings (SSSR count). The number of hydrogen-bond donors (Lipinski definition) is 1. The Morgan fingerprint density at radius 2 is 1.43 bits per heavy atom. The van der Waals surface area contributed by atoms with E-state index in [1.807, 2.05) is 0 Å². The lowest BCUT2D eigenvalue weighted by Crippen LogP contribution is -2.16. The van der Waals surface area contributed by atoms with Crippen LogP contribution in [0.5, 0.6) is 17.2 Å². The number of carbonyl (C=O) groups is 1. The Morgan fingerprint density at radius 3 is 1.91 bits per heavy atom. The van der Waals surface area contributed by atoms with Crippen LogP contribution in [0.1, 0.15) is 0 Å². The smallest absolute Gasteiger partial charge is 0.481 e. The summed E-state index contributed by atoms with van der Waals surface area (Å²) in [6.45, 7) is 0. The summed E-state index contributed by atoms with van der Waals surface area (Å²) in [6.07, 6.45) is -4.73. The maximum absolute atomic E-state index is 12.0. The predicted octanol–water partition coefficient (Wildman–Crippen LogP) is 4.55. The van der Waals surface area contributed by atoms with Gasteiger partial charge in [-0.05, 0) is 48.5 Å². The Balaban J connectivity index is 1.95. The third kappa shape index (κ3) is 6.11. The molecular formula is C15H11F3O4S. The lowest BCUT2D eigenvalue weighted by Gasteiger charge is -2.10. The van der Waals surface area contributed by atoms with E-state index in [0.29, 0.717) is 11.5 Å². The molecule has 0 saturated heterocycles. The Morgan fingerprint density at radius 1 is 0.957 bits per heavy atom. The first-order chi connectivity index (χ1) is 10.8. The Hall–Kier alpha value is -2.35. The highest BCUT2D eigenvalue weighted by Gasteiger charge is 2.30. The Labute approximate surface area is 133 Å². The van der Waals surface area contributed by atoms with Crippen molar-refractivity contribution in [3.05, 3.63) is 48.5 Å². The van der Waals surface area contributed by atoms with Gasteiger partial charge in [0.05, 0.1) is 5.75 Å². The number of halogens is 3. The SMILES string of the molecule is O=C(O)CSc1ccc(Oc2ccc(OC(F)(F)F)cc2)cc1. The first kappa shape index (κ1) is 17.0. The second kappa shape index (κ2) is 7.28. The van der Waals surface area contributed by atoms with Gasteiger partial charge in [-0.1, -0.05) is 0 Å². The van der Waals surface area contributed by atoms with Crippen molar-refractivity contribution in [1.82, 2.24) is 0 Å². The monoisotopic (exact) mass is 344 g/mol. The number of benzene rings is 2. The van der Waals surface area contributed by atoms with Crippen LogP contribution in [0.3, 0.4) is 0 Å². The van der Waals surface area contributed by atoms with E-state index in [1.165, 1.54) is 23.9 Å². The molecule has 0 saturated carbocycles. The number of ether oxygens (including phenoxy) is 2. The normalized spacial score (nSPS) is 11.1. The van der Waals surface area contributed by atoms with Gasteiger partial charge in [0.1, 0.15) is 17.2 Å². The van der Waals surface area contributed by atoms with Gasteiger partial charge in [-0.3, -0.25) is 4.79 Å². The highest BCUT2D eigenvalue weighted by Crippen LogP contribution is 2.28. The molecule has 4 nitrogen and oxygen atoms in total. The molecule has 0 atom stereocenters. The molecule has 0 unspecified atom stereocenters. The van der Waals surface area contributed by atoms with Crippen LogP contribution in [0.25, 0.3) is 0 Å². The Bertz CT molecular complexity index is 654. The fourth-order valence-electron chi connectivity index (χ4n) is 1.59. The van der Waals surface area contributed by atoms with Crippen molar-refractivity contribution in [2.75, 3.05) is 5.75 Å². The zero-order valence-corrected chi connectivity index (χ0v) is 12.4. The zero-order chi connectivity index (χ0) is 16.9. The summed E-state index contributed by atoms with van der Waals surface area (Å²) < 4.78 is 45.4. The molecule has 0 bridgehead atoms. The van der Waals surface area contributed by atoms with Gasteiger partial charge in [-0.2, -0.15) is 0 Å². The van der Waals surface area contributed by atoms with Gasteiger partial charge in [-0.25, -0.2) is 0 Å². The van der Waals surface area contributed by atoms with E-state index in [9.17, 15) is 18.0 Å². The first-order valence-corrected chi connectivity index (χ1v) is 7.29. The summed E-state index contributed by atoms with van der Waals surface area (Å²) in [4.78, 5) is 11.2. The molecule has 0 spiro atoms. The van der Waals surface area contributed by atoms with Crippen molar-refractivity contribution < 1.29 is 32.5 Å². The lowest BCUT2D eigenvalue weighted by molar-refractivity contribution is -0.274. The van der Waals surface area contributed by atoms with Crippen molar-refractivity contribution >= 4 is 17.7 Å². The molecule has 122 valence electrons. The molecule has 0 aliphatic rings. The van der Waals surface area contributed by atoms with Crippen LogP contribution < -0.4 is 9.47 Å². The number of alkyl halides is 3. The van der Waals surface area contributed by atoms with Crippen LogP contribution >= 0.6 is 11.8 Å². The molecule has 0 aliphatic heterocycles. The van der Waals surface area contributed by atoms with E-state index in [-0.39, 0.29) is 11.5 Å². The number of aliphatic carboxylic acids is 1. The van der Waals surface area contributed by atoms with Crippen molar-refractivity contribution in [2.45, 2.75) is 11.3 Å². The largest absolute Gasteiger partial charge is 0.573 e. The Kier molecular flexibility index (Phi) is 5.38. The highest BCUT2D eigenvalue weighted by atomic mass is 32.2. The molecule has 0 aromatic heterocycles. The first-order valence-electron chi connectivity index (χ1n) is 6.30. The number of rotatable bonds is 6. The molecule has 2 aromatic carbocycles. The second-order valence-electron chi connectivity index (χ2n) is 4.28. The maximum Gasteiger partial charge on any atom is 0.573 e. The summed E-state index contributed by atoms with van der Waals surface area (Å²) >= 11 is 1.17. The molecule has 23 heavy (non-hydrogen) atoms. The zero-order valence-electron chi connectivity index (χ0n) is 11.5. The van der Waals surface area contributed by atoms with Crippen LogP contribution in [-0.2, 0) is 4.79 Å². The quantitative estimate of drug-likeness (QED) is 0.779. The van der Waals surface area contributed by atoms with Crippen LogP contribution in [0.15, 0.2) is 53.4 Å². The van der Waals surface area contributed by atoms with Gasteiger partial charge in [0.25, 0.3) is 0 Å². The topological polar surface area (TPSA) is 55.8 Å². The average molecular weight is 344 g/mol. The molecule has 0 amide bonds. The van der Waals surface area contributed by atoms with Crippen LogP contribution in [0.4, 0.5) is 13.2 Å². The molecule has 0 heterocycles. The molecule has 1 N–H and O–H groups in total. The number of hydrogen-bond acceptors (Lipinski definition) is 4. The molecule has 8 heteroatoms. The molecular weight excluding hydrogens is 333 g/mol. The summed E-state index contributed by atoms with van der Waals surface area (Å²) in [5, 5.41) is 8.59.